The van der Waals surface area contributed by atoms with Crippen molar-refractivity contribution in [2.75, 3.05) is 18.4 Å². The maximum Gasteiger partial charge on any atom is 0.224 e. The number of imidazole rings is 1. The van der Waals surface area contributed by atoms with Gasteiger partial charge in [-0.3, -0.25) is 4.79 Å². The molecule has 31 heavy (non-hydrogen) atoms. The smallest absolute Gasteiger partial charge is 0.224 e. The lowest BCUT2D eigenvalue weighted by Crippen LogP contribution is -2.32. The van der Waals surface area contributed by atoms with Crippen LogP contribution in [0.2, 0.25) is 0 Å². The Hall–Kier alpha value is -2.28. The third-order valence-electron chi connectivity index (χ3n) is 5.61. The number of hydrogen-bond donors (Lipinski definition) is 2. The maximum absolute atomic E-state index is 12.5. The molecular formula is C23H30Cl2N4O2. The van der Waals surface area contributed by atoms with Crippen LogP contribution in [0.25, 0.3) is 5.65 Å². The number of benzene rings is 1. The molecule has 3 heterocycles. The molecule has 1 aliphatic rings. The van der Waals surface area contributed by atoms with E-state index < -0.39 is 0 Å². The summed E-state index contributed by atoms with van der Waals surface area (Å²) >= 11 is 0. The van der Waals surface area contributed by atoms with E-state index in [4.69, 9.17) is 4.74 Å². The van der Waals surface area contributed by atoms with Crippen LogP contribution in [0.1, 0.15) is 31.9 Å². The monoisotopic (exact) mass is 464 g/mol. The number of carbonyl (C=O) groups is 1. The SMILES string of the molecule is CC(CC(=O)Nc1cccc(OCc2cn3ccccc3n2)c1)C1CCNCC1.Cl.Cl. The van der Waals surface area contributed by atoms with Crippen LogP contribution in [0.4, 0.5) is 5.69 Å². The van der Waals surface area contributed by atoms with E-state index in [9.17, 15) is 4.79 Å². The van der Waals surface area contributed by atoms with Crippen molar-refractivity contribution in [1.29, 1.82) is 0 Å². The van der Waals surface area contributed by atoms with Crippen molar-refractivity contribution in [3.63, 3.8) is 0 Å². The minimum Gasteiger partial charge on any atom is -0.487 e. The first-order valence-electron chi connectivity index (χ1n) is 10.3. The number of anilines is 1. The Morgan fingerprint density at radius 2 is 2.03 bits per heavy atom. The molecule has 2 aromatic heterocycles. The predicted molar refractivity (Wildman–Crippen MR) is 128 cm³/mol. The number of ether oxygens (including phenoxy) is 1. The summed E-state index contributed by atoms with van der Waals surface area (Å²) in [5.41, 5.74) is 2.52. The molecule has 1 aromatic carbocycles. The molecule has 4 rings (SSSR count). The number of pyridine rings is 1. The second-order valence-corrected chi connectivity index (χ2v) is 7.83. The molecule has 0 saturated carbocycles. The highest BCUT2D eigenvalue weighted by molar-refractivity contribution is 5.91. The summed E-state index contributed by atoms with van der Waals surface area (Å²) in [6.45, 7) is 4.68. The lowest BCUT2D eigenvalue weighted by atomic mass is 9.84. The van der Waals surface area contributed by atoms with Crippen LogP contribution >= 0.6 is 24.8 Å². The lowest BCUT2D eigenvalue weighted by molar-refractivity contribution is -0.117. The first-order valence-corrected chi connectivity index (χ1v) is 10.3. The molecule has 0 spiro atoms. The predicted octanol–water partition coefficient (Wildman–Crippen LogP) is 4.72. The number of nitrogens with one attached hydrogen (secondary N) is 2. The second kappa shape index (κ2) is 11.9. The van der Waals surface area contributed by atoms with Crippen LogP contribution in [0.5, 0.6) is 5.75 Å². The van der Waals surface area contributed by atoms with Crippen LogP contribution in [0.3, 0.4) is 0 Å². The number of carbonyl (C=O) groups excluding carboxylic acids is 1. The van der Waals surface area contributed by atoms with Crippen molar-refractivity contribution < 1.29 is 9.53 Å². The van der Waals surface area contributed by atoms with Gasteiger partial charge in [-0.15, -0.1) is 24.8 Å². The molecule has 1 aliphatic heterocycles. The van der Waals surface area contributed by atoms with E-state index in [0.29, 0.717) is 30.6 Å². The van der Waals surface area contributed by atoms with Gasteiger partial charge < -0.3 is 19.8 Å². The number of hydrogen-bond acceptors (Lipinski definition) is 4. The third-order valence-corrected chi connectivity index (χ3v) is 5.61. The minimum atomic E-state index is 0. The highest BCUT2D eigenvalue weighted by Gasteiger charge is 2.22. The van der Waals surface area contributed by atoms with Gasteiger partial charge in [0.2, 0.25) is 5.91 Å². The standard InChI is InChI=1S/C23H28N4O2.2ClH/c1-17(18-8-10-24-11-9-18)13-23(28)26-19-5-4-6-21(14-19)29-16-20-15-27-12-3-2-7-22(27)25-20;;/h2-7,12,14-15,17-18,24H,8-11,13,16H2,1H3,(H,26,28);2*1H. The Bertz CT molecular complexity index is 940. The van der Waals surface area contributed by atoms with Gasteiger partial charge in [-0.1, -0.05) is 19.1 Å². The number of nitrogens with zero attached hydrogens (tertiary/aromatic N) is 2. The quantitative estimate of drug-likeness (QED) is 0.530. The molecule has 2 N–H and O–H groups in total. The molecule has 1 unspecified atom stereocenters. The summed E-state index contributed by atoms with van der Waals surface area (Å²) in [4.78, 5) is 17.0. The number of fused-ring (bicyclic) bond motifs is 1. The zero-order valence-corrected chi connectivity index (χ0v) is 19.3. The number of piperidine rings is 1. The van der Waals surface area contributed by atoms with E-state index in [1.807, 2.05) is 59.3 Å². The molecule has 1 fully saturated rings. The Morgan fingerprint density at radius 1 is 1.23 bits per heavy atom. The molecule has 168 valence electrons. The average molecular weight is 465 g/mol. The summed E-state index contributed by atoms with van der Waals surface area (Å²) in [5, 5.41) is 6.40. The van der Waals surface area contributed by atoms with E-state index in [-0.39, 0.29) is 30.7 Å². The van der Waals surface area contributed by atoms with Crippen molar-refractivity contribution in [3.05, 3.63) is 60.6 Å². The fourth-order valence-corrected chi connectivity index (χ4v) is 3.96. The van der Waals surface area contributed by atoms with Crippen LogP contribution in [-0.2, 0) is 11.4 Å². The highest BCUT2D eigenvalue weighted by Crippen LogP contribution is 2.25. The summed E-state index contributed by atoms with van der Waals surface area (Å²) in [6.07, 6.45) is 6.79. The van der Waals surface area contributed by atoms with Gasteiger partial charge in [-0.25, -0.2) is 4.98 Å². The second-order valence-electron chi connectivity index (χ2n) is 7.83. The van der Waals surface area contributed by atoms with Gasteiger partial charge in [0, 0.05) is 30.6 Å². The van der Waals surface area contributed by atoms with Gasteiger partial charge in [-0.05, 0) is 62.0 Å². The van der Waals surface area contributed by atoms with Gasteiger partial charge >= 0.3 is 0 Å². The molecule has 6 nitrogen and oxygen atoms in total. The van der Waals surface area contributed by atoms with Gasteiger partial charge in [0.1, 0.15) is 18.0 Å². The third kappa shape index (κ3) is 6.86. The zero-order valence-electron chi connectivity index (χ0n) is 17.6. The van der Waals surface area contributed by atoms with E-state index in [1.165, 1.54) is 0 Å². The molecule has 1 saturated heterocycles. The lowest BCUT2D eigenvalue weighted by Gasteiger charge is -2.27. The van der Waals surface area contributed by atoms with E-state index in [2.05, 4.69) is 22.5 Å². The first kappa shape index (κ1) is 25.0. The van der Waals surface area contributed by atoms with Gasteiger partial charge in [-0.2, -0.15) is 0 Å². The van der Waals surface area contributed by atoms with Crippen LogP contribution < -0.4 is 15.4 Å². The van der Waals surface area contributed by atoms with Crippen LogP contribution in [0.15, 0.2) is 54.9 Å². The molecule has 0 bridgehead atoms. The first-order chi connectivity index (χ1) is 14.2. The molecule has 1 atom stereocenters. The minimum absolute atomic E-state index is 0. The van der Waals surface area contributed by atoms with Crippen molar-refractivity contribution >= 4 is 42.1 Å². The summed E-state index contributed by atoms with van der Waals surface area (Å²) in [6, 6.07) is 13.4. The summed E-state index contributed by atoms with van der Waals surface area (Å²) in [5.74, 6) is 1.80. The van der Waals surface area contributed by atoms with E-state index >= 15 is 0 Å². The Kier molecular flexibility index (Phi) is 9.62. The normalized spacial score (nSPS) is 14.9. The molecule has 3 aromatic rings. The molecule has 8 heteroatoms. The van der Waals surface area contributed by atoms with Crippen molar-refractivity contribution in [1.82, 2.24) is 14.7 Å². The Morgan fingerprint density at radius 3 is 2.81 bits per heavy atom. The highest BCUT2D eigenvalue weighted by atomic mass is 35.5. The Labute approximate surface area is 195 Å². The van der Waals surface area contributed by atoms with Crippen molar-refractivity contribution in [2.24, 2.45) is 11.8 Å². The zero-order chi connectivity index (χ0) is 20.1. The number of aromatic nitrogens is 2. The fraction of sp³-hybridized carbons (Fsp3) is 0.391. The molecular weight excluding hydrogens is 435 g/mol. The average Bonchev–Trinajstić information content (AvgIpc) is 3.16. The van der Waals surface area contributed by atoms with E-state index in [1.54, 1.807) is 0 Å². The van der Waals surface area contributed by atoms with Crippen molar-refractivity contribution in [2.45, 2.75) is 32.8 Å². The molecule has 0 aliphatic carbocycles. The van der Waals surface area contributed by atoms with Gasteiger partial charge in [0.05, 0.1) is 5.69 Å². The summed E-state index contributed by atoms with van der Waals surface area (Å²) in [7, 11) is 0. The van der Waals surface area contributed by atoms with Gasteiger partial charge in [0.25, 0.3) is 0 Å². The van der Waals surface area contributed by atoms with Crippen LogP contribution in [0, 0.1) is 11.8 Å². The number of amides is 1. The fourth-order valence-electron chi connectivity index (χ4n) is 3.96. The maximum atomic E-state index is 12.5. The topological polar surface area (TPSA) is 67.7 Å². The van der Waals surface area contributed by atoms with E-state index in [0.717, 1.165) is 43.0 Å². The largest absolute Gasteiger partial charge is 0.487 e. The van der Waals surface area contributed by atoms with Crippen molar-refractivity contribution in [3.8, 4) is 5.75 Å². The van der Waals surface area contributed by atoms with Crippen LogP contribution in [-0.4, -0.2) is 28.4 Å². The number of rotatable bonds is 7. The Balaban J connectivity index is 0.00000171. The van der Waals surface area contributed by atoms with Gasteiger partial charge in [0.15, 0.2) is 0 Å². The molecule has 1 amide bonds. The summed E-state index contributed by atoms with van der Waals surface area (Å²) < 4.78 is 7.86. The molecule has 0 radical (unpaired) electrons. The number of halogens is 2.